The first-order valence-corrected chi connectivity index (χ1v) is 9.76. The number of aromatic nitrogens is 2. The second kappa shape index (κ2) is 8.26. The number of alkyl halides is 3. The highest BCUT2D eigenvalue weighted by atomic mass is 19.4. The van der Waals surface area contributed by atoms with Crippen molar-refractivity contribution in [3.05, 3.63) is 83.8 Å². The summed E-state index contributed by atoms with van der Waals surface area (Å²) in [5.74, 6) is 0.126. The highest BCUT2D eigenvalue weighted by Gasteiger charge is 2.31. The first-order valence-electron chi connectivity index (χ1n) is 9.76. The number of nitrogens with zero attached hydrogens (tertiary/aromatic N) is 3. The molecule has 1 aliphatic rings. The molecule has 0 aliphatic carbocycles. The van der Waals surface area contributed by atoms with Gasteiger partial charge in [0.2, 0.25) is 0 Å². The molecular formula is C23H20F3N3O. The number of benzene rings is 2. The fourth-order valence-corrected chi connectivity index (χ4v) is 3.71. The first kappa shape index (κ1) is 20.1. The summed E-state index contributed by atoms with van der Waals surface area (Å²) in [4.78, 5) is 23.2. The summed E-state index contributed by atoms with van der Waals surface area (Å²) >= 11 is 0. The second-order valence-corrected chi connectivity index (χ2v) is 7.34. The molecule has 4 rings (SSSR count). The fraction of sp³-hybridized carbons (Fsp3) is 0.261. The van der Waals surface area contributed by atoms with Gasteiger partial charge in [0, 0.05) is 36.3 Å². The van der Waals surface area contributed by atoms with Gasteiger partial charge < -0.3 is 4.90 Å². The van der Waals surface area contributed by atoms with E-state index in [-0.39, 0.29) is 11.8 Å². The van der Waals surface area contributed by atoms with Gasteiger partial charge in [0.15, 0.2) is 0 Å². The number of likely N-dealkylation sites (tertiary alicyclic amines) is 1. The fourth-order valence-electron chi connectivity index (χ4n) is 3.71. The molecule has 4 nitrogen and oxygen atoms in total. The third kappa shape index (κ3) is 4.35. The first-order chi connectivity index (χ1) is 14.4. The molecule has 1 amide bonds. The Morgan fingerprint density at radius 1 is 0.967 bits per heavy atom. The van der Waals surface area contributed by atoms with Crippen LogP contribution in [0.5, 0.6) is 0 Å². The standard InChI is InChI=1S/C23H20F3N3O/c24-23(25,26)19-8-4-7-18(13-19)21-15-27-14-20(28-21)16-9-11-29(12-10-16)22(30)17-5-2-1-3-6-17/h1-8,13-16H,9-12H2. The summed E-state index contributed by atoms with van der Waals surface area (Å²) in [5.41, 5.74) is 1.51. The maximum atomic E-state index is 13.0. The van der Waals surface area contributed by atoms with Crippen molar-refractivity contribution in [1.82, 2.24) is 14.9 Å². The summed E-state index contributed by atoms with van der Waals surface area (Å²) in [5, 5.41) is 0. The molecule has 0 spiro atoms. The van der Waals surface area contributed by atoms with Crippen LogP contribution in [0.25, 0.3) is 11.3 Å². The summed E-state index contributed by atoms with van der Waals surface area (Å²) in [7, 11) is 0. The molecule has 0 bridgehead atoms. The van der Waals surface area contributed by atoms with Gasteiger partial charge in [0.25, 0.3) is 5.91 Å². The lowest BCUT2D eigenvalue weighted by atomic mass is 9.93. The SMILES string of the molecule is O=C(c1ccccc1)N1CCC(c2cncc(-c3cccc(C(F)(F)F)c3)n2)CC1. The zero-order valence-corrected chi connectivity index (χ0v) is 16.1. The van der Waals surface area contributed by atoms with E-state index in [2.05, 4.69) is 9.97 Å². The highest BCUT2D eigenvalue weighted by molar-refractivity contribution is 5.94. The zero-order valence-electron chi connectivity index (χ0n) is 16.1. The van der Waals surface area contributed by atoms with Crippen LogP contribution in [-0.2, 0) is 6.18 Å². The van der Waals surface area contributed by atoms with Crippen LogP contribution in [0.3, 0.4) is 0 Å². The summed E-state index contributed by atoms with van der Waals surface area (Å²) in [6.45, 7) is 1.21. The molecule has 1 aromatic heterocycles. The molecular weight excluding hydrogens is 391 g/mol. The number of piperidine rings is 1. The van der Waals surface area contributed by atoms with Gasteiger partial charge in [-0.3, -0.25) is 9.78 Å². The highest BCUT2D eigenvalue weighted by Crippen LogP contribution is 2.33. The van der Waals surface area contributed by atoms with Crippen LogP contribution < -0.4 is 0 Å². The third-order valence-electron chi connectivity index (χ3n) is 5.36. The quantitative estimate of drug-likeness (QED) is 0.596. The maximum Gasteiger partial charge on any atom is 0.416 e. The predicted octanol–water partition coefficient (Wildman–Crippen LogP) is 5.18. The molecule has 0 N–H and O–H groups in total. The van der Waals surface area contributed by atoms with Crippen molar-refractivity contribution in [2.45, 2.75) is 24.9 Å². The van der Waals surface area contributed by atoms with Crippen molar-refractivity contribution in [2.75, 3.05) is 13.1 Å². The molecule has 30 heavy (non-hydrogen) atoms. The Morgan fingerprint density at radius 2 is 1.70 bits per heavy atom. The van der Waals surface area contributed by atoms with E-state index in [1.165, 1.54) is 12.3 Å². The second-order valence-electron chi connectivity index (χ2n) is 7.34. The van der Waals surface area contributed by atoms with Gasteiger partial charge in [0.05, 0.1) is 23.1 Å². The lowest BCUT2D eigenvalue weighted by molar-refractivity contribution is -0.137. The van der Waals surface area contributed by atoms with E-state index in [0.29, 0.717) is 29.9 Å². The van der Waals surface area contributed by atoms with E-state index in [0.717, 1.165) is 30.7 Å². The number of carbonyl (C=O) groups excluding carboxylic acids is 1. The number of hydrogen-bond donors (Lipinski definition) is 0. The lowest BCUT2D eigenvalue weighted by Crippen LogP contribution is -2.38. The van der Waals surface area contributed by atoms with Crippen LogP contribution in [0, 0.1) is 0 Å². The number of amides is 1. The van der Waals surface area contributed by atoms with Crippen molar-refractivity contribution in [1.29, 1.82) is 0 Å². The molecule has 3 aromatic rings. The Balaban J connectivity index is 1.47. The molecule has 7 heteroatoms. The molecule has 2 heterocycles. The molecule has 154 valence electrons. The van der Waals surface area contributed by atoms with Gasteiger partial charge in [-0.25, -0.2) is 4.98 Å². The number of hydrogen-bond acceptors (Lipinski definition) is 3. The Labute approximate surface area is 172 Å². The molecule has 0 radical (unpaired) electrons. The van der Waals surface area contributed by atoms with Crippen LogP contribution in [0.2, 0.25) is 0 Å². The molecule has 1 fully saturated rings. The van der Waals surface area contributed by atoms with Crippen LogP contribution in [-0.4, -0.2) is 33.9 Å². The average molecular weight is 411 g/mol. The smallest absolute Gasteiger partial charge is 0.339 e. The summed E-state index contributed by atoms with van der Waals surface area (Å²) in [6, 6.07) is 14.3. The minimum absolute atomic E-state index is 0.0119. The minimum atomic E-state index is -4.40. The molecule has 1 saturated heterocycles. The summed E-state index contributed by atoms with van der Waals surface area (Å²) in [6.07, 6.45) is 0.210. The predicted molar refractivity (Wildman–Crippen MR) is 107 cm³/mol. The van der Waals surface area contributed by atoms with E-state index in [9.17, 15) is 18.0 Å². The number of rotatable bonds is 3. The Hall–Kier alpha value is -3.22. The van der Waals surface area contributed by atoms with Gasteiger partial charge in [0.1, 0.15) is 0 Å². The largest absolute Gasteiger partial charge is 0.416 e. The van der Waals surface area contributed by atoms with Crippen molar-refractivity contribution >= 4 is 5.91 Å². The van der Waals surface area contributed by atoms with Crippen molar-refractivity contribution in [2.24, 2.45) is 0 Å². The van der Waals surface area contributed by atoms with Crippen LogP contribution in [0.4, 0.5) is 13.2 Å². The van der Waals surface area contributed by atoms with E-state index >= 15 is 0 Å². The van der Waals surface area contributed by atoms with Crippen LogP contribution in [0.15, 0.2) is 67.0 Å². The average Bonchev–Trinajstić information content (AvgIpc) is 2.79. The van der Waals surface area contributed by atoms with Crippen molar-refractivity contribution in [3.63, 3.8) is 0 Å². The Bertz CT molecular complexity index is 1030. The number of halogens is 3. The van der Waals surface area contributed by atoms with Crippen LogP contribution >= 0.6 is 0 Å². The van der Waals surface area contributed by atoms with E-state index in [1.807, 2.05) is 23.1 Å². The topological polar surface area (TPSA) is 46.1 Å². The maximum absolute atomic E-state index is 13.0. The monoisotopic (exact) mass is 411 g/mol. The summed E-state index contributed by atoms with van der Waals surface area (Å²) < 4.78 is 39.0. The van der Waals surface area contributed by atoms with Crippen LogP contribution in [0.1, 0.15) is 40.4 Å². The normalized spacial score (nSPS) is 15.2. The molecule has 0 unspecified atom stereocenters. The van der Waals surface area contributed by atoms with Crippen molar-refractivity contribution in [3.8, 4) is 11.3 Å². The lowest BCUT2D eigenvalue weighted by Gasteiger charge is -2.31. The van der Waals surface area contributed by atoms with Gasteiger partial charge >= 0.3 is 6.18 Å². The number of carbonyl (C=O) groups is 1. The molecule has 0 saturated carbocycles. The van der Waals surface area contributed by atoms with Gasteiger partial charge in [-0.05, 0) is 37.1 Å². The van der Waals surface area contributed by atoms with Gasteiger partial charge in [-0.2, -0.15) is 13.2 Å². The van der Waals surface area contributed by atoms with E-state index in [1.54, 1.807) is 24.4 Å². The van der Waals surface area contributed by atoms with E-state index in [4.69, 9.17) is 0 Å². The Kier molecular flexibility index (Phi) is 5.53. The molecule has 0 atom stereocenters. The third-order valence-corrected chi connectivity index (χ3v) is 5.36. The van der Waals surface area contributed by atoms with Gasteiger partial charge in [-0.15, -0.1) is 0 Å². The zero-order chi connectivity index (χ0) is 21.1. The Morgan fingerprint density at radius 3 is 2.40 bits per heavy atom. The minimum Gasteiger partial charge on any atom is -0.339 e. The van der Waals surface area contributed by atoms with E-state index < -0.39 is 11.7 Å². The molecule has 1 aliphatic heterocycles. The van der Waals surface area contributed by atoms with Crippen molar-refractivity contribution < 1.29 is 18.0 Å². The van der Waals surface area contributed by atoms with Gasteiger partial charge in [-0.1, -0.05) is 30.3 Å². The molecule has 2 aromatic carbocycles.